The molecule has 0 bridgehead atoms. The highest BCUT2D eigenvalue weighted by atomic mass is 16.5. The lowest BCUT2D eigenvalue weighted by molar-refractivity contribution is -0.459. The highest BCUT2D eigenvalue weighted by Gasteiger charge is 2.14. The van der Waals surface area contributed by atoms with Gasteiger partial charge < -0.3 is 25.3 Å². The van der Waals surface area contributed by atoms with E-state index in [2.05, 4.69) is 15.6 Å². The summed E-state index contributed by atoms with van der Waals surface area (Å²) in [7, 11) is 0. The molecule has 0 radical (unpaired) electrons. The van der Waals surface area contributed by atoms with Gasteiger partial charge in [-0.15, -0.1) is 0 Å². The van der Waals surface area contributed by atoms with Crippen molar-refractivity contribution < 1.29 is 29.2 Å². The highest BCUT2D eigenvalue weighted by molar-refractivity contribution is 5.86. The number of carbonyl (C=O) groups excluding carboxylic acids is 3. The second-order valence-corrected chi connectivity index (χ2v) is 5.38. The third-order valence-corrected chi connectivity index (χ3v) is 3.22. The van der Waals surface area contributed by atoms with Gasteiger partial charge in [0, 0.05) is 0 Å². The van der Waals surface area contributed by atoms with Gasteiger partial charge in [0.1, 0.15) is 13.2 Å². The number of carboxylic acids is 1. The van der Waals surface area contributed by atoms with Crippen LogP contribution in [0.5, 0.6) is 0 Å². The molecule has 142 valence electrons. The first-order valence-corrected chi connectivity index (χ1v) is 7.95. The lowest BCUT2D eigenvalue weighted by Crippen LogP contribution is -2.78. The number of nitrogens with one attached hydrogen (secondary N) is 3. The molecule has 0 saturated heterocycles. The third-order valence-electron chi connectivity index (χ3n) is 3.22. The van der Waals surface area contributed by atoms with Gasteiger partial charge in [0.05, 0.1) is 18.6 Å². The Balaban J connectivity index is 2.30. The Morgan fingerprint density at radius 3 is 2.50 bits per heavy atom. The van der Waals surface area contributed by atoms with E-state index in [1.54, 1.807) is 24.3 Å². The first-order chi connectivity index (χ1) is 12.4. The first-order valence-electron chi connectivity index (χ1n) is 7.95. The summed E-state index contributed by atoms with van der Waals surface area (Å²) in [5.41, 5.74) is 11.2. The zero-order valence-electron chi connectivity index (χ0n) is 14.2. The van der Waals surface area contributed by atoms with E-state index >= 15 is 0 Å². The van der Waals surface area contributed by atoms with Crippen molar-refractivity contribution in [3.05, 3.63) is 35.9 Å². The molecule has 1 aromatic carbocycles. The van der Waals surface area contributed by atoms with E-state index < -0.39 is 30.6 Å². The van der Waals surface area contributed by atoms with Crippen LogP contribution in [0.4, 0.5) is 4.79 Å². The smallest absolute Gasteiger partial charge is 0.407 e. The minimum absolute atomic E-state index is 0.0252. The standard InChI is InChI=1S/C16H23N5O5/c17-15(18)19-8-4-7-12(14(23)24)21-13(22)9-20-16(25)26-10-11-5-2-1-3-6-11/h1-3,5-6,12H,4,7-10H2,(H,20,25)(H,21,22)(H,23,24)(H4,17,18,19)/t12-/m1/s1. The van der Waals surface area contributed by atoms with Crippen molar-refractivity contribution in [2.75, 3.05) is 13.1 Å². The molecule has 0 unspecified atom stereocenters. The summed E-state index contributed by atoms with van der Waals surface area (Å²) < 4.78 is 4.94. The number of carbonyl (C=O) groups is 3. The molecule has 7 N–H and O–H groups in total. The molecule has 0 fully saturated rings. The third kappa shape index (κ3) is 9.11. The lowest BCUT2D eigenvalue weighted by Gasteiger charge is -2.19. The summed E-state index contributed by atoms with van der Waals surface area (Å²) in [5, 5.41) is 15.6. The van der Waals surface area contributed by atoms with Gasteiger partial charge in [-0.3, -0.25) is 21.3 Å². The highest BCUT2D eigenvalue weighted by Crippen LogP contribution is 2.00. The van der Waals surface area contributed by atoms with Crippen LogP contribution in [0.3, 0.4) is 0 Å². The Hall–Kier alpha value is -3.30. The maximum Gasteiger partial charge on any atom is 0.407 e. The fourth-order valence-electron chi connectivity index (χ4n) is 1.96. The SMILES string of the molecule is NC(N)=[NH+]CCC[C@@H](NC(=O)CNC(=O)OCc1ccccc1)C(=O)[O-]. The van der Waals surface area contributed by atoms with Crippen molar-refractivity contribution in [2.45, 2.75) is 25.5 Å². The minimum Gasteiger partial charge on any atom is -0.548 e. The molecule has 10 heteroatoms. The second kappa shape index (κ2) is 11.3. The Morgan fingerprint density at radius 1 is 1.19 bits per heavy atom. The van der Waals surface area contributed by atoms with Crippen LogP contribution in [-0.4, -0.2) is 43.1 Å². The van der Waals surface area contributed by atoms with Gasteiger partial charge in [0.2, 0.25) is 5.91 Å². The number of guanidine groups is 1. The Bertz CT molecular complexity index is 631. The van der Waals surface area contributed by atoms with Gasteiger partial charge in [-0.2, -0.15) is 0 Å². The average molecular weight is 365 g/mol. The van der Waals surface area contributed by atoms with Crippen LogP contribution >= 0.6 is 0 Å². The summed E-state index contributed by atoms with van der Waals surface area (Å²) in [6.07, 6.45) is -0.275. The molecular weight excluding hydrogens is 342 g/mol. The number of benzene rings is 1. The summed E-state index contributed by atoms with van der Waals surface area (Å²) in [6.45, 7) is -0.00448. The summed E-state index contributed by atoms with van der Waals surface area (Å²) in [4.78, 5) is 37.0. The quantitative estimate of drug-likeness (QED) is 0.161. The molecule has 0 spiro atoms. The minimum atomic E-state index is -1.42. The second-order valence-electron chi connectivity index (χ2n) is 5.38. The number of amides is 2. The van der Waals surface area contributed by atoms with Gasteiger partial charge in [-0.25, -0.2) is 4.79 Å². The number of alkyl carbamates (subject to hydrolysis) is 1. The van der Waals surface area contributed by atoms with Crippen LogP contribution in [0.25, 0.3) is 0 Å². The monoisotopic (exact) mass is 365 g/mol. The Kier molecular flexibility index (Phi) is 9.01. The van der Waals surface area contributed by atoms with E-state index in [9.17, 15) is 19.5 Å². The predicted molar refractivity (Wildman–Crippen MR) is 90.0 cm³/mol. The molecule has 1 aromatic rings. The lowest BCUT2D eigenvalue weighted by atomic mass is 10.1. The molecule has 26 heavy (non-hydrogen) atoms. The van der Waals surface area contributed by atoms with Gasteiger partial charge in [0.15, 0.2) is 0 Å². The molecule has 0 aliphatic carbocycles. The van der Waals surface area contributed by atoms with Gasteiger partial charge in [-0.1, -0.05) is 30.3 Å². The van der Waals surface area contributed by atoms with E-state index in [1.807, 2.05) is 6.07 Å². The molecular formula is C16H23N5O5. The Labute approximate surface area is 150 Å². The summed E-state index contributed by atoms with van der Waals surface area (Å²) in [5.74, 6) is -2.07. The van der Waals surface area contributed by atoms with Crippen molar-refractivity contribution in [3.63, 3.8) is 0 Å². The first kappa shape index (κ1) is 20.7. The zero-order valence-corrected chi connectivity index (χ0v) is 14.2. The van der Waals surface area contributed by atoms with Crippen LogP contribution < -0.4 is 32.2 Å². The van der Waals surface area contributed by atoms with Crippen molar-refractivity contribution in [1.29, 1.82) is 0 Å². The summed E-state index contributed by atoms with van der Waals surface area (Å²) in [6, 6.07) is 7.83. The molecule has 2 amide bonds. The maximum absolute atomic E-state index is 11.7. The van der Waals surface area contributed by atoms with E-state index in [0.717, 1.165) is 5.56 Å². The number of hydrogen-bond donors (Lipinski definition) is 5. The van der Waals surface area contributed by atoms with Crippen LogP contribution in [0.2, 0.25) is 0 Å². The van der Waals surface area contributed by atoms with Crippen molar-refractivity contribution in [3.8, 4) is 0 Å². The molecule has 10 nitrogen and oxygen atoms in total. The number of ether oxygens (including phenoxy) is 1. The predicted octanol–water partition coefficient (Wildman–Crippen LogP) is -3.72. The molecule has 0 aromatic heterocycles. The largest absolute Gasteiger partial charge is 0.548 e. The van der Waals surface area contributed by atoms with Crippen molar-refractivity contribution in [1.82, 2.24) is 10.6 Å². The van der Waals surface area contributed by atoms with E-state index in [0.29, 0.717) is 13.0 Å². The molecule has 1 rings (SSSR count). The van der Waals surface area contributed by atoms with Gasteiger partial charge >= 0.3 is 12.1 Å². The van der Waals surface area contributed by atoms with Crippen molar-refractivity contribution in [2.24, 2.45) is 11.5 Å². The topological polar surface area (TPSA) is 174 Å². The zero-order chi connectivity index (χ0) is 19.4. The number of aliphatic carboxylic acids is 1. The summed E-state index contributed by atoms with van der Waals surface area (Å²) >= 11 is 0. The van der Waals surface area contributed by atoms with Crippen LogP contribution in [-0.2, 0) is 20.9 Å². The normalized spacial score (nSPS) is 11.1. The Morgan fingerprint density at radius 2 is 1.88 bits per heavy atom. The van der Waals surface area contributed by atoms with E-state index in [-0.39, 0.29) is 19.0 Å². The van der Waals surface area contributed by atoms with Crippen LogP contribution in [0, 0.1) is 0 Å². The molecule has 0 heterocycles. The molecule has 1 atom stereocenters. The molecule has 0 aliphatic rings. The molecule has 0 aliphatic heterocycles. The number of rotatable bonds is 10. The van der Waals surface area contributed by atoms with Crippen molar-refractivity contribution >= 4 is 23.9 Å². The van der Waals surface area contributed by atoms with E-state index in [1.165, 1.54) is 0 Å². The van der Waals surface area contributed by atoms with Crippen LogP contribution in [0.1, 0.15) is 18.4 Å². The van der Waals surface area contributed by atoms with Gasteiger partial charge in [-0.05, 0) is 18.4 Å². The van der Waals surface area contributed by atoms with Gasteiger partial charge in [0.25, 0.3) is 0 Å². The average Bonchev–Trinajstić information content (AvgIpc) is 2.61. The molecule has 0 saturated carbocycles. The number of carboxylic acid groups (broad SMARTS) is 1. The fraction of sp³-hybridized carbons (Fsp3) is 0.375. The van der Waals surface area contributed by atoms with E-state index in [4.69, 9.17) is 16.2 Å². The number of nitrogens with two attached hydrogens (primary N) is 2. The fourth-order valence-corrected chi connectivity index (χ4v) is 1.96. The number of hydrogen-bond acceptors (Lipinski definition) is 5. The van der Waals surface area contributed by atoms with Crippen LogP contribution in [0.15, 0.2) is 30.3 Å². The maximum atomic E-state index is 11.7.